The summed E-state index contributed by atoms with van der Waals surface area (Å²) in [5, 5.41) is 0. The molecule has 0 radical (unpaired) electrons. The first-order chi connectivity index (χ1) is 2.27. The second-order valence-electron chi connectivity index (χ2n) is 0.818. The molecule has 0 aromatic rings. The summed E-state index contributed by atoms with van der Waals surface area (Å²) in [5.74, 6) is 0.333. The largest absolute Gasteiger partial charge is 0.315 e. The van der Waals surface area contributed by atoms with Gasteiger partial charge in [-0.05, 0) is 0 Å². The van der Waals surface area contributed by atoms with Crippen molar-refractivity contribution in [3.63, 3.8) is 0 Å². The van der Waals surface area contributed by atoms with E-state index in [1.165, 1.54) is 0 Å². The fourth-order valence-electron chi connectivity index (χ4n) is 0. The van der Waals surface area contributed by atoms with Crippen LogP contribution in [0.2, 0.25) is 0 Å². The van der Waals surface area contributed by atoms with Crippen molar-refractivity contribution in [1.29, 1.82) is 0 Å². The number of hydrogen-bond acceptors (Lipinski definition) is 2. The maximum absolute atomic E-state index is 5.09. The van der Waals surface area contributed by atoms with E-state index in [0.29, 0.717) is 5.88 Å². The van der Waals surface area contributed by atoms with Crippen molar-refractivity contribution in [2.75, 3.05) is 5.88 Å². The fraction of sp³-hybridized carbons (Fsp3) is 1.00. The highest BCUT2D eigenvalue weighted by atomic mass is 35.5. The van der Waals surface area contributed by atoms with E-state index in [1.807, 2.05) is 0 Å². The van der Waals surface area contributed by atoms with Gasteiger partial charge < -0.3 is 11.5 Å². The van der Waals surface area contributed by atoms with Crippen LogP contribution in [-0.4, -0.2) is 12.0 Å². The predicted molar refractivity (Wildman–Crippen MR) is 22.9 cm³/mol. The molecule has 32 valence electrons. The van der Waals surface area contributed by atoms with Gasteiger partial charge in [-0.1, -0.05) is 0 Å². The Hall–Kier alpha value is 0.210. The first-order valence-corrected chi connectivity index (χ1v) is 1.88. The molecule has 0 bridgehead atoms. The molecule has 0 aromatic heterocycles. The Bertz CT molecular complexity index is 21.6. The van der Waals surface area contributed by atoms with E-state index >= 15 is 0 Å². The second-order valence-corrected chi connectivity index (χ2v) is 1.13. The standard InChI is InChI=1S/C2H7ClN2/c3-1-2(4)5/h2H,1,4-5H2. The first-order valence-electron chi connectivity index (χ1n) is 1.34. The van der Waals surface area contributed by atoms with Crippen molar-refractivity contribution in [3.05, 3.63) is 0 Å². The minimum absolute atomic E-state index is 0.333. The third-order valence-electron chi connectivity index (χ3n) is 0.178. The zero-order valence-corrected chi connectivity index (χ0v) is 3.57. The van der Waals surface area contributed by atoms with Gasteiger partial charge in [0.1, 0.15) is 0 Å². The molecule has 4 N–H and O–H groups in total. The maximum Gasteiger partial charge on any atom is 0.0660 e. The minimum Gasteiger partial charge on any atom is -0.315 e. The molecule has 0 amide bonds. The van der Waals surface area contributed by atoms with Crippen LogP contribution in [0.5, 0.6) is 0 Å². The van der Waals surface area contributed by atoms with Crippen molar-refractivity contribution in [2.24, 2.45) is 11.5 Å². The molecule has 0 saturated carbocycles. The summed E-state index contributed by atoms with van der Waals surface area (Å²) in [7, 11) is 0. The fourth-order valence-corrected chi connectivity index (χ4v) is 0. The van der Waals surface area contributed by atoms with Crippen LogP contribution in [0.15, 0.2) is 0 Å². The zero-order chi connectivity index (χ0) is 4.28. The van der Waals surface area contributed by atoms with Gasteiger partial charge >= 0.3 is 0 Å². The molecule has 0 atom stereocenters. The van der Waals surface area contributed by atoms with E-state index in [2.05, 4.69) is 0 Å². The summed E-state index contributed by atoms with van der Waals surface area (Å²) in [5.41, 5.74) is 9.88. The van der Waals surface area contributed by atoms with Gasteiger partial charge in [-0.15, -0.1) is 11.6 Å². The number of nitrogens with two attached hydrogens (primary N) is 2. The molecular formula is C2H7ClN2. The van der Waals surface area contributed by atoms with E-state index < -0.39 is 0 Å². The molecule has 2 nitrogen and oxygen atoms in total. The van der Waals surface area contributed by atoms with Crippen molar-refractivity contribution in [1.82, 2.24) is 0 Å². The topological polar surface area (TPSA) is 52.0 Å². The molecule has 0 aliphatic rings. The summed E-state index contributed by atoms with van der Waals surface area (Å²) in [6.07, 6.45) is -0.350. The SMILES string of the molecule is NC(N)CCl. The Morgan fingerprint density at radius 3 is 1.80 bits per heavy atom. The van der Waals surface area contributed by atoms with Crippen LogP contribution in [0, 0.1) is 0 Å². The molecule has 0 saturated heterocycles. The van der Waals surface area contributed by atoms with Gasteiger partial charge in [0.05, 0.1) is 12.0 Å². The molecule has 0 rings (SSSR count). The molecule has 5 heavy (non-hydrogen) atoms. The van der Waals surface area contributed by atoms with Crippen LogP contribution in [-0.2, 0) is 0 Å². The highest BCUT2D eigenvalue weighted by Gasteiger charge is 1.81. The molecule has 0 fully saturated rings. The number of rotatable bonds is 1. The van der Waals surface area contributed by atoms with E-state index in [4.69, 9.17) is 23.1 Å². The van der Waals surface area contributed by atoms with Gasteiger partial charge in [0.15, 0.2) is 0 Å². The lowest BCUT2D eigenvalue weighted by molar-refractivity contribution is 0.798. The van der Waals surface area contributed by atoms with Crippen molar-refractivity contribution < 1.29 is 0 Å². The molecule has 0 unspecified atom stereocenters. The van der Waals surface area contributed by atoms with Gasteiger partial charge in [0.25, 0.3) is 0 Å². The highest BCUT2D eigenvalue weighted by molar-refractivity contribution is 6.18. The maximum atomic E-state index is 5.09. The van der Waals surface area contributed by atoms with Crippen LogP contribution in [0.25, 0.3) is 0 Å². The Morgan fingerprint density at radius 2 is 1.80 bits per heavy atom. The summed E-state index contributed by atoms with van der Waals surface area (Å²) < 4.78 is 0. The van der Waals surface area contributed by atoms with Crippen LogP contribution >= 0.6 is 11.6 Å². The average Bonchev–Trinajstić information content (AvgIpc) is 1.38. The van der Waals surface area contributed by atoms with Crippen LogP contribution in [0.3, 0.4) is 0 Å². The zero-order valence-electron chi connectivity index (χ0n) is 2.82. The summed E-state index contributed by atoms with van der Waals surface area (Å²) >= 11 is 5.09. The van der Waals surface area contributed by atoms with Crippen molar-refractivity contribution >= 4 is 11.6 Å². The van der Waals surface area contributed by atoms with E-state index in [0.717, 1.165) is 0 Å². The highest BCUT2D eigenvalue weighted by Crippen LogP contribution is 1.68. The van der Waals surface area contributed by atoms with Gasteiger partial charge in [0, 0.05) is 0 Å². The average molecular weight is 94.5 g/mol. The van der Waals surface area contributed by atoms with E-state index in [1.54, 1.807) is 0 Å². The van der Waals surface area contributed by atoms with Crippen LogP contribution in [0.4, 0.5) is 0 Å². The normalized spacial score (nSPS) is 9.60. The molecule has 0 aliphatic carbocycles. The lowest BCUT2D eigenvalue weighted by Gasteiger charge is -1.91. The smallest absolute Gasteiger partial charge is 0.0660 e. The molecular weight excluding hydrogens is 87.5 g/mol. The van der Waals surface area contributed by atoms with Gasteiger partial charge in [-0.2, -0.15) is 0 Å². The van der Waals surface area contributed by atoms with Gasteiger partial charge in [-0.25, -0.2) is 0 Å². The van der Waals surface area contributed by atoms with Crippen molar-refractivity contribution in [3.8, 4) is 0 Å². The number of alkyl halides is 1. The molecule has 0 aromatic carbocycles. The molecule has 0 heterocycles. The van der Waals surface area contributed by atoms with E-state index in [-0.39, 0.29) is 6.17 Å². The lowest BCUT2D eigenvalue weighted by atomic mass is 10.7. The van der Waals surface area contributed by atoms with Gasteiger partial charge in [-0.3, -0.25) is 0 Å². The summed E-state index contributed by atoms with van der Waals surface area (Å²) in [4.78, 5) is 0. The Balaban J connectivity index is 2.54. The number of hydrogen-bond donors (Lipinski definition) is 2. The predicted octanol–water partition coefficient (Wildman–Crippen LogP) is -0.531. The Kier molecular flexibility index (Phi) is 2.55. The van der Waals surface area contributed by atoms with Gasteiger partial charge in [0.2, 0.25) is 0 Å². The van der Waals surface area contributed by atoms with Crippen LogP contribution in [0.1, 0.15) is 0 Å². The lowest BCUT2D eigenvalue weighted by Crippen LogP contribution is -2.31. The quantitative estimate of drug-likeness (QED) is 0.339. The Morgan fingerprint density at radius 1 is 1.60 bits per heavy atom. The molecule has 3 heteroatoms. The summed E-state index contributed by atoms with van der Waals surface area (Å²) in [6, 6.07) is 0. The molecule has 0 spiro atoms. The van der Waals surface area contributed by atoms with Crippen LogP contribution < -0.4 is 11.5 Å². The third-order valence-corrected chi connectivity index (χ3v) is 0.535. The second kappa shape index (κ2) is 2.45. The number of halogens is 1. The summed E-state index contributed by atoms with van der Waals surface area (Å²) in [6.45, 7) is 0. The third kappa shape index (κ3) is 4.21. The first kappa shape index (κ1) is 5.21. The van der Waals surface area contributed by atoms with E-state index in [9.17, 15) is 0 Å². The minimum atomic E-state index is -0.350. The monoisotopic (exact) mass is 94.0 g/mol. The Labute approximate surface area is 36.1 Å². The molecule has 0 aliphatic heterocycles. The van der Waals surface area contributed by atoms with Crippen molar-refractivity contribution in [2.45, 2.75) is 6.17 Å².